The number of aliphatic hydroxyl groups excluding tert-OH is 1. The number of piperidine rings is 1. The van der Waals surface area contributed by atoms with Gasteiger partial charge in [-0.05, 0) is 75.7 Å². The van der Waals surface area contributed by atoms with E-state index in [4.69, 9.17) is 9.72 Å². The zero-order valence-corrected chi connectivity index (χ0v) is 17.9. The van der Waals surface area contributed by atoms with E-state index in [1.165, 1.54) is 12.1 Å². The second kappa shape index (κ2) is 9.34. The fourth-order valence-electron chi connectivity index (χ4n) is 4.62. The van der Waals surface area contributed by atoms with Gasteiger partial charge >= 0.3 is 0 Å². The predicted octanol–water partition coefficient (Wildman–Crippen LogP) is 4.06. The quantitative estimate of drug-likeness (QED) is 0.554. The Kier molecular flexibility index (Phi) is 6.14. The van der Waals surface area contributed by atoms with E-state index in [1.807, 2.05) is 6.20 Å². The summed E-state index contributed by atoms with van der Waals surface area (Å²) >= 11 is 0. The molecule has 1 aliphatic carbocycles. The van der Waals surface area contributed by atoms with Crippen LogP contribution in [0.1, 0.15) is 50.0 Å². The molecule has 3 heterocycles. The van der Waals surface area contributed by atoms with Crippen LogP contribution < -0.4 is 15.4 Å². The van der Waals surface area contributed by atoms with Gasteiger partial charge in [0.25, 0.3) is 0 Å². The molecular weight excluding hydrogens is 409 g/mol. The summed E-state index contributed by atoms with van der Waals surface area (Å²) in [6.07, 6.45) is 8.72. The lowest BCUT2D eigenvalue weighted by molar-refractivity contribution is 0.122. The van der Waals surface area contributed by atoms with Crippen LogP contribution in [0.4, 0.5) is 16.0 Å². The topological polar surface area (TPSA) is 92.2 Å². The van der Waals surface area contributed by atoms with Gasteiger partial charge in [0, 0.05) is 23.6 Å². The Hall–Kier alpha value is -2.84. The Balaban J connectivity index is 1.51. The highest BCUT2D eigenvalue weighted by Gasteiger charge is 2.25. The van der Waals surface area contributed by atoms with Crippen LogP contribution in [0.2, 0.25) is 0 Å². The van der Waals surface area contributed by atoms with Crippen molar-refractivity contribution in [3.63, 3.8) is 0 Å². The summed E-state index contributed by atoms with van der Waals surface area (Å²) in [4.78, 5) is 13.9. The van der Waals surface area contributed by atoms with Gasteiger partial charge in [0.1, 0.15) is 11.9 Å². The van der Waals surface area contributed by atoms with E-state index >= 15 is 0 Å². The van der Waals surface area contributed by atoms with Crippen molar-refractivity contribution in [2.45, 2.75) is 56.7 Å². The normalized spacial score (nSPS) is 22.1. The molecule has 1 saturated carbocycles. The first-order valence-electron chi connectivity index (χ1n) is 11.4. The number of halogens is 1. The van der Waals surface area contributed by atoms with E-state index in [9.17, 15) is 9.50 Å². The Morgan fingerprint density at radius 3 is 2.62 bits per heavy atom. The van der Waals surface area contributed by atoms with Crippen LogP contribution in [-0.2, 0) is 0 Å². The smallest absolute Gasteiger partial charge is 0.227 e. The van der Waals surface area contributed by atoms with Crippen LogP contribution in [0.3, 0.4) is 0 Å². The van der Waals surface area contributed by atoms with Crippen molar-refractivity contribution in [1.29, 1.82) is 0 Å². The molecule has 3 aromatic rings. The first-order chi connectivity index (χ1) is 15.7. The number of hydrogen-bond acceptors (Lipinski definition) is 7. The molecule has 0 radical (unpaired) electrons. The number of fused-ring (bicyclic) bond motifs is 1. The summed E-state index contributed by atoms with van der Waals surface area (Å²) in [6, 6.07) is 6.23. The van der Waals surface area contributed by atoms with Gasteiger partial charge in [0.15, 0.2) is 0 Å². The molecule has 0 unspecified atom stereocenters. The third-order valence-corrected chi connectivity index (χ3v) is 6.40. The lowest BCUT2D eigenvalue weighted by Crippen LogP contribution is -2.34. The largest absolute Gasteiger partial charge is 0.474 e. The number of ether oxygens (including phenoxy) is 1. The summed E-state index contributed by atoms with van der Waals surface area (Å²) < 4.78 is 19.9. The Bertz CT molecular complexity index is 1080. The minimum absolute atomic E-state index is 0.118. The molecule has 0 atom stereocenters. The standard InChI is InChI=1S/C24H28FN5O2/c25-16-2-1-3-17(12-16)29-24-28-14-21-22(30-24)20(15-4-6-18(31)7-5-15)13-27-23(21)32-19-8-10-26-11-9-19/h1-3,12-15,18-19,26,31H,4-11H2,(H,28,29,30). The summed E-state index contributed by atoms with van der Waals surface area (Å²) in [5, 5.41) is 17.2. The van der Waals surface area contributed by atoms with Crippen molar-refractivity contribution in [1.82, 2.24) is 20.3 Å². The number of pyridine rings is 1. The van der Waals surface area contributed by atoms with Crippen molar-refractivity contribution in [3.05, 3.63) is 48.0 Å². The van der Waals surface area contributed by atoms with Gasteiger partial charge in [-0.1, -0.05) is 6.07 Å². The lowest BCUT2D eigenvalue weighted by atomic mass is 9.83. The predicted molar refractivity (Wildman–Crippen MR) is 121 cm³/mol. The minimum Gasteiger partial charge on any atom is -0.474 e. The summed E-state index contributed by atoms with van der Waals surface area (Å²) in [7, 11) is 0. The molecule has 1 saturated heterocycles. The summed E-state index contributed by atoms with van der Waals surface area (Å²) in [5.74, 6) is 0.917. The maximum atomic E-state index is 13.6. The average Bonchev–Trinajstić information content (AvgIpc) is 2.81. The molecule has 1 aromatic carbocycles. The van der Waals surface area contributed by atoms with E-state index in [1.54, 1.807) is 18.3 Å². The number of anilines is 2. The first-order valence-corrected chi connectivity index (χ1v) is 11.4. The molecule has 2 aliphatic rings. The second-order valence-corrected chi connectivity index (χ2v) is 8.68. The van der Waals surface area contributed by atoms with Crippen molar-refractivity contribution < 1.29 is 14.2 Å². The number of rotatable bonds is 5. The van der Waals surface area contributed by atoms with E-state index in [0.29, 0.717) is 17.5 Å². The van der Waals surface area contributed by atoms with Gasteiger partial charge in [-0.15, -0.1) is 0 Å². The molecule has 0 amide bonds. The molecule has 3 N–H and O–H groups in total. The number of nitrogens with one attached hydrogen (secondary N) is 2. The van der Waals surface area contributed by atoms with E-state index in [2.05, 4.69) is 20.6 Å². The highest BCUT2D eigenvalue weighted by Crippen LogP contribution is 2.38. The number of hydrogen-bond donors (Lipinski definition) is 3. The van der Waals surface area contributed by atoms with Crippen LogP contribution in [0, 0.1) is 5.82 Å². The highest BCUT2D eigenvalue weighted by atomic mass is 19.1. The van der Waals surface area contributed by atoms with Crippen LogP contribution in [0.25, 0.3) is 10.9 Å². The fraction of sp³-hybridized carbons (Fsp3) is 0.458. The minimum atomic E-state index is -0.320. The van der Waals surface area contributed by atoms with Gasteiger partial charge in [-0.2, -0.15) is 0 Å². The lowest BCUT2D eigenvalue weighted by Gasteiger charge is -2.27. The summed E-state index contributed by atoms with van der Waals surface area (Å²) in [5.41, 5.74) is 2.44. The molecular formula is C24H28FN5O2. The monoisotopic (exact) mass is 437 g/mol. The van der Waals surface area contributed by atoms with E-state index < -0.39 is 0 Å². The van der Waals surface area contributed by atoms with Crippen LogP contribution in [-0.4, -0.2) is 45.4 Å². The molecule has 5 rings (SSSR count). The third-order valence-electron chi connectivity index (χ3n) is 6.40. The van der Waals surface area contributed by atoms with Crippen molar-refractivity contribution in [2.75, 3.05) is 18.4 Å². The molecule has 2 aromatic heterocycles. The molecule has 2 fully saturated rings. The Morgan fingerprint density at radius 2 is 1.84 bits per heavy atom. The third kappa shape index (κ3) is 4.66. The fourth-order valence-corrected chi connectivity index (χ4v) is 4.62. The van der Waals surface area contributed by atoms with E-state index in [-0.39, 0.29) is 23.9 Å². The first kappa shape index (κ1) is 21.0. The maximum Gasteiger partial charge on any atom is 0.227 e. The zero-order chi connectivity index (χ0) is 21.9. The molecule has 7 nitrogen and oxygen atoms in total. The summed E-state index contributed by atoms with van der Waals surface area (Å²) in [6.45, 7) is 1.87. The van der Waals surface area contributed by atoms with Gasteiger partial charge in [-0.25, -0.2) is 19.3 Å². The van der Waals surface area contributed by atoms with Gasteiger partial charge in [-0.3, -0.25) is 0 Å². The Labute approximate surface area is 186 Å². The van der Waals surface area contributed by atoms with Crippen LogP contribution in [0.5, 0.6) is 5.88 Å². The van der Waals surface area contributed by atoms with Crippen molar-refractivity contribution in [2.24, 2.45) is 0 Å². The average molecular weight is 438 g/mol. The van der Waals surface area contributed by atoms with Gasteiger partial charge in [0.05, 0.1) is 17.0 Å². The highest BCUT2D eigenvalue weighted by molar-refractivity contribution is 5.87. The van der Waals surface area contributed by atoms with Crippen LogP contribution in [0.15, 0.2) is 36.7 Å². The maximum absolute atomic E-state index is 13.6. The second-order valence-electron chi connectivity index (χ2n) is 8.68. The molecule has 8 heteroatoms. The molecule has 168 valence electrons. The van der Waals surface area contributed by atoms with Crippen molar-refractivity contribution >= 4 is 22.5 Å². The Morgan fingerprint density at radius 1 is 1.03 bits per heavy atom. The molecule has 1 aliphatic heterocycles. The van der Waals surface area contributed by atoms with Crippen molar-refractivity contribution in [3.8, 4) is 5.88 Å². The van der Waals surface area contributed by atoms with E-state index in [0.717, 1.165) is 68.1 Å². The number of aliphatic hydroxyl groups is 1. The molecule has 32 heavy (non-hydrogen) atoms. The SMILES string of the molecule is OC1CCC(c2cnc(OC3CCNCC3)c3cnc(Nc4cccc(F)c4)nc23)CC1. The van der Waals surface area contributed by atoms with Gasteiger partial charge in [0.2, 0.25) is 11.8 Å². The number of nitrogens with zero attached hydrogens (tertiary/aromatic N) is 3. The van der Waals surface area contributed by atoms with Crippen LogP contribution >= 0.6 is 0 Å². The molecule has 0 bridgehead atoms. The number of benzene rings is 1. The number of aromatic nitrogens is 3. The zero-order valence-electron chi connectivity index (χ0n) is 17.9. The van der Waals surface area contributed by atoms with Gasteiger partial charge < -0.3 is 20.5 Å². The molecule has 0 spiro atoms.